The maximum Gasteiger partial charge on any atom is 0.255 e. The second-order valence-electron chi connectivity index (χ2n) is 5.99. The fourth-order valence-corrected chi connectivity index (χ4v) is 2.87. The highest BCUT2D eigenvalue weighted by Gasteiger charge is 2.28. The minimum atomic E-state index is -0.155. The fraction of sp³-hybridized carbons (Fsp3) is 0.350. The van der Waals surface area contributed by atoms with Gasteiger partial charge in [0.05, 0.1) is 18.2 Å². The van der Waals surface area contributed by atoms with E-state index in [0.717, 1.165) is 12.0 Å². The molecule has 2 atom stereocenters. The van der Waals surface area contributed by atoms with E-state index in [1.807, 2.05) is 48.5 Å². The van der Waals surface area contributed by atoms with Gasteiger partial charge in [0.15, 0.2) is 0 Å². The Balaban J connectivity index is 1.68. The molecule has 0 aliphatic carbocycles. The van der Waals surface area contributed by atoms with Crippen LogP contribution >= 0.6 is 0 Å². The summed E-state index contributed by atoms with van der Waals surface area (Å²) < 4.78 is 16.7. The molecule has 1 saturated heterocycles. The van der Waals surface area contributed by atoms with Crippen LogP contribution in [-0.4, -0.2) is 38.4 Å². The summed E-state index contributed by atoms with van der Waals surface area (Å²) in [4.78, 5) is 12.7. The van der Waals surface area contributed by atoms with Gasteiger partial charge in [-0.25, -0.2) is 0 Å². The number of carbonyl (C=O) groups excluding carboxylic acids is 1. The summed E-state index contributed by atoms with van der Waals surface area (Å²) in [5.41, 5.74) is 1.58. The molecule has 1 fully saturated rings. The molecule has 25 heavy (non-hydrogen) atoms. The molecule has 1 aliphatic heterocycles. The summed E-state index contributed by atoms with van der Waals surface area (Å²) in [6.45, 7) is 1.54. The lowest BCUT2D eigenvalue weighted by Gasteiger charge is -2.31. The van der Waals surface area contributed by atoms with E-state index >= 15 is 0 Å². The van der Waals surface area contributed by atoms with E-state index in [-0.39, 0.29) is 18.1 Å². The molecular weight excluding hydrogens is 318 g/mol. The monoisotopic (exact) mass is 341 g/mol. The molecule has 0 radical (unpaired) electrons. The van der Waals surface area contributed by atoms with Crippen molar-refractivity contribution in [3.8, 4) is 5.75 Å². The van der Waals surface area contributed by atoms with Crippen LogP contribution in [0.15, 0.2) is 54.6 Å². The van der Waals surface area contributed by atoms with E-state index in [9.17, 15) is 4.79 Å². The van der Waals surface area contributed by atoms with Gasteiger partial charge in [-0.05, 0) is 24.1 Å². The molecule has 1 amide bonds. The number of amides is 1. The van der Waals surface area contributed by atoms with Gasteiger partial charge in [0, 0.05) is 13.7 Å². The summed E-state index contributed by atoms with van der Waals surface area (Å²) >= 11 is 0. The first-order valence-electron chi connectivity index (χ1n) is 8.45. The number of ether oxygens (including phenoxy) is 3. The third-order valence-electron chi connectivity index (χ3n) is 4.29. The lowest BCUT2D eigenvalue weighted by Crippen LogP contribution is -2.49. The first-order chi connectivity index (χ1) is 12.3. The summed E-state index contributed by atoms with van der Waals surface area (Å²) in [5, 5.41) is 3.05. The van der Waals surface area contributed by atoms with E-state index < -0.39 is 0 Å². The summed E-state index contributed by atoms with van der Waals surface area (Å²) in [5.74, 6) is 0.419. The Kier molecular flexibility index (Phi) is 6.04. The lowest BCUT2D eigenvalue weighted by atomic mass is 10.0. The van der Waals surface area contributed by atoms with Gasteiger partial charge in [-0.3, -0.25) is 4.79 Å². The third-order valence-corrected chi connectivity index (χ3v) is 4.29. The Morgan fingerprint density at radius 1 is 1.16 bits per heavy atom. The molecule has 1 heterocycles. The van der Waals surface area contributed by atoms with Crippen LogP contribution in [-0.2, 0) is 16.1 Å². The van der Waals surface area contributed by atoms with E-state index in [1.165, 1.54) is 0 Å². The zero-order valence-electron chi connectivity index (χ0n) is 14.3. The molecule has 2 aromatic carbocycles. The van der Waals surface area contributed by atoms with Crippen LogP contribution in [0.5, 0.6) is 5.75 Å². The highest BCUT2D eigenvalue weighted by atomic mass is 16.5. The third kappa shape index (κ3) is 4.59. The zero-order valence-corrected chi connectivity index (χ0v) is 14.3. The molecule has 2 aromatic rings. The minimum absolute atomic E-state index is 0.0616. The molecule has 0 aromatic heterocycles. The number of nitrogens with one attached hydrogen (secondary N) is 1. The number of rotatable bonds is 6. The number of benzene rings is 2. The van der Waals surface area contributed by atoms with Crippen LogP contribution in [0.1, 0.15) is 22.3 Å². The van der Waals surface area contributed by atoms with Gasteiger partial charge in [-0.2, -0.15) is 0 Å². The van der Waals surface area contributed by atoms with Crippen molar-refractivity contribution in [3.05, 3.63) is 65.7 Å². The van der Waals surface area contributed by atoms with Crippen molar-refractivity contribution in [2.75, 3.05) is 20.3 Å². The van der Waals surface area contributed by atoms with Crippen LogP contribution < -0.4 is 10.1 Å². The largest absolute Gasteiger partial charge is 0.488 e. The molecule has 5 nitrogen and oxygen atoms in total. The second-order valence-corrected chi connectivity index (χ2v) is 5.99. The number of para-hydroxylation sites is 1. The predicted octanol–water partition coefficient (Wildman–Crippen LogP) is 2.80. The quantitative estimate of drug-likeness (QED) is 0.878. The van der Waals surface area contributed by atoms with Gasteiger partial charge in [0.2, 0.25) is 0 Å². The number of carbonyl (C=O) groups is 1. The normalized spacial score (nSPS) is 20.0. The number of hydrogen-bond acceptors (Lipinski definition) is 4. The molecular formula is C20H23NO4. The van der Waals surface area contributed by atoms with Crippen molar-refractivity contribution in [3.63, 3.8) is 0 Å². The van der Waals surface area contributed by atoms with Crippen molar-refractivity contribution in [2.24, 2.45) is 0 Å². The van der Waals surface area contributed by atoms with Gasteiger partial charge >= 0.3 is 0 Å². The van der Waals surface area contributed by atoms with Gasteiger partial charge in [0.1, 0.15) is 18.5 Å². The predicted molar refractivity (Wildman–Crippen MR) is 94.7 cm³/mol. The molecule has 0 bridgehead atoms. The van der Waals surface area contributed by atoms with E-state index in [2.05, 4.69) is 5.32 Å². The SMILES string of the molecule is CO[C@@H]1COCC[C@H]1NC(=O)c1ccccc1OCc1ccccc1. The average Bonchev–Trinajstić information content (AvgIpc) is 2.68. The number of methoxy groups -OCH3 is 1. The maximum atomic E-state index is 12.7. The van der Waals surface area contributed by atoms with Crippen molar-refractivity contribution < 1.29 is 19.0 Å². The van der Waals surface area contributed by atoms with Crippen molar-refractivity contribution >= 4 is 5.91 Å². The molecule has 3 rings (SSSR count). The lowest BCUT2D eigenvalue weighted by molar-refractivity contribution is -0.0479. The van der Waals surface area contributed by atoms with Gasteiger partial charge in [0.25, 0.3) is 5.91 Å². The molecule has 0 saturated carbocycles. The Hall–Kier alpha value is -2.37. The van der Waals surface area contributed by atoms with Crippen molar-refractivity contribution in [1.82, 2.24) is 5.32 Å². The Morgan fingerprint density at radius 3 is 2.72 bits per heavy atom. The van der Waals surface area contributed by atoms with Crippen molar-refractivity contribution in [1.29, 1.82) is 0 Å². The average molecular weight is 341 g/mol. The van der Waals surface area contributed by atoms with Crippen LogP contribution in [0.2, 0.25) is 0 Å². The smallest absolute Gasteiger partial charge is 0.255 e. The van der Waals surface area contributed by atoms with E-state index in [1.54, 1.807) is 13.2 Å². The molecule has 132 valence electrons. The summed E-state index contributed by atoms with van der Waals surface area (Å²) in [7, 11) is 1.63. The van der Waals surface area contributed by atoms with Crippen LogP contribution in [0.25, 0.3) is 0 Å². The van der Waals surface area contributed by atoms with Crippen molar-refractivity contribution in [2.45, 2.75) is 25.2 Å². The van der Waals surface area contributed by atoms with Crippen LogP contribution in [0, 0.1) is 0 Å². The minimum Gasteiger partial charge on any atom is -0.488 e. The molecule has 0 spiro atoms. The zero-order chi connectivity index (χ0) is 17.5. The van der Waals surface area contributed by atoms with Gasteiger partial charge in [-0.1, -0.05) is 42.5 Å². The van der Waals surface area contributed by atoms with Gasteiger partial charge < -0.3 is 19.5 Å². The second kappa shape index (κ2) is 8.65. The summed E-state index contributed by atoms with van der Waals surface area (Å²) in [6, 6.07) is 17.1. The maximum absolute atomic E-state index is 12.7. The molecule has 0 unspecified atom stereocenters. The van der Waals surface area contributed by atoms with Crippen LogP contribution in [0.3, 0.4) is 0 Å². The highest BCUT2D eigenvalue weighted by molar-refractivity contribution is 5.97. The number of hydrogen-bond donors (Lipinski definition) is 1. The molecule has 5 heteroatoms. The summed E-state index contributed by atoms with van der Waals surface area (Å²) in [6.07, 6.45) is 0.604. The topological polar surface area (TPSA) is 56.8 Å². The Labute approximate surface area is 147 Å². The van der Waals surface area contributed by atoms with Crippen LogP contribution in [0.4, 0.5) is 0 Å². The first-order valence-corrected chi connectivity index (χ1v) is 8.45. The Bertz CT molecular complexity index is 689. The van der Waals surface area contributed by atoms with Gasteiger partial charge in [-0.15, -0.1) is 0 Å². The molecule has 1 aliphatic rings. The highest BCUT2D eigenvalue weighted by Crippen LogP contribution is 2.20. The standard InChI is InChI=1S/C20H23NO4/c1-23-19-14-24-12-11-17(19)21-20(22)16-9-5-6-10-18(16)25-13-15-7-3-2-4-8-15/h2-10,17,19H,11-14H2,1H3,(H,21,22)/t17-,19-/m1/s1. The fourth-order valence-electron chi connectivity index (χ4n) is 2.87. The first kappa shape index (κ1) is 17.5. The van der Waals surface area contributed by atoms with E-state index in [0.29, 0.717) is 31.1 Å². The Morgan fingerprint density at radius 2 is 1.92 bits per heavy atom. The molecule has 1 N–H and O–H groups in total. The van der Waals surface area contributed by atoms with E-state index in [4.69, 9.17) is 14.2 Å².